The fourth-order valence-electron chi connectivity index (χ4n) is 1.33. The quantitative estimate of drug-likeness (QED) is 0.548. The molecule has 0 heterocycles. The van der Waals surface area contributed by atoms with Crippen LogP contribution in [-0.2, 0) is 0 Å². The van der Waals surface area contributed by atoms with E-state index in [-0.39, 0.29) is 6.61 Å². The van der Waals surface area contributed by atoms with Crippen molar-refractivity contribution < 1.29 is 5.11 Å². The highest BCUT2D eigenvalue weighted by Gasteiger charge is 2.03. The molecule has 1 atom stereocenters. The minimum absolute atomic E-state index is 0.254. The van der Waals surface area contributed by atoms with Crippen molar-refractivity contribution >= 4 is 0 Å². The molecule has 0 bridgehead atoms. The molecule has 12 heavy (non-hydrogen) atoms. The minimum Gasteiger partial charge on any atom is -0.395 e. The molecule has 0 fully saturated rings. The maximum Gasteiger partial charge on any atom is 0.0555 e. The average Bonchev–Trinajstić information content (AvgIpc) is 2.11. The first kappa shape index (κ1) is 11.9. The van der Waals surface area contributed by atoms with Crippen LogP contribution in [0.4, 0.5) is 0 Å². The Balaban J connectivity index is 3.26. The first-order valence-corrected chi connectivity index (χ1v) is 5.16. The van der Waals surface area contributed by atoms with Gasteiger partial charge in [-0.3, -0.25) is 0 Å². The summed E-state index contributed by atoms with van der Waals surface area (Å²) in [5.74, 6) is 0.802. The van der Waals surface area contributed by atoms with Crippen LogP contribution in [0.15, 0.2) is 0 Å². The molecule has 0 aliphatic heterocycles. The van der Waals surface area contributed by atoms with Crippen molar-refractivity contribution in [2.24, 2.45) is 5.92 Å². The monoisotopic (exact) mass is 173 g/mol. The molecule has 0 aromatic heterocycles. The molecule has 0 aliphatic carbocycles. The molecule has 0 saturated heterocycles. The Labute approximate surface area is 76.4 Å². The third-order valence-electron chi connectivity index (χ3n) is 2.26. The van der Waals surface area contributed by atoms with Gasteiger partial charge in [-0.05, 0) is 18.9 Å². The van der Waals surface area contributed by atoms with Gasteiger partial charge in [0.25, 0.3) is 0 Å². The van der Waals surface area contributed by atoms with E-state index >= 15 is 0 Å². The number of aliphatic hydroxyl groups is 1. The van der Waals surface area contributed by atoms with Crippen molar-refractivity contribution in [2.75, 3.05) is 19.7 Å². The Morgan fingerprint density at radius 2 is 2.08 bits per heavy atom. The fraction of sp³-hybridized carbons (Fsp3) is 1.00. The van der Waals surface area contributed by atoms with Crippen LogP contribution in [0.5, 0.6) is 0 Å². The van der Waals surface area contributed by atoms with Crippen LogP contribution < -0.4 is 5.32 Å². The molecule has 0 aliphatic rings. The molecular formula is C10H23NO. The van der Waals surface area contributed by atoms with Gasteiger partial charge in [0.1, 0.15) is 0 Å². The van der Waals surface area contributed by atoms with E-state index in [1.807, 2.05) is 0 Å². The van der Waals surface area contributed by atoms with Crippen molar-refractivity contribution in [3.05, 3.63) is 0 Å². The molecule has 0 spiro atoms. The number of hydrogen-bond acceptors (Lipinski definition) is 2. The van der Waals surface area contributed by atoms with Gasteiger partial charge in [-0.25, -0.2) is 0 Å². The predicted octanol–water partition coefficient (Wildman–Crippen LogP) is 1.78. The van der Waals surface area contributed by atoms with Crippen LogP contribution in [0.2, 0.25) is 0 Å². The van der Waals surface area contributed by atoms with Gasteiger partial charge in [0.15, 0.2) is 0 Å². The van der Waals surface area contributed by atoms with Crippen LogP contribution in [0.3, 0.4) is 0 Å². The first-order chi connectivity index (χ1) is 5.85. The van der Waals surface area contributed by atoms with Crippen LogP contribution in [0.25, 0.3) is 0 Å². The van der Waals surface area contributed by atoms with E-state index in [4.69, 9.17) is 5.11 Å². The minimum atomic E-state index is 0.254. The van der Waals surface area contributed by atoms with E-state index < -0.39 is 0 Å². The zero-order valence-corrected chi connectivity index (χ0v) is 8.47. The van der Waals surface area contributed by atoms with E-state index in [9.17, 15) is 0 Å². The second kappa shape index (κ2) is 9.01. The largest absolute Gasteiger partial charge is 0.395 e. The van der Waals surface area contributed by atoms with Crippen molar-refractivity contribution in [1.82, 2.24) is 5.32 Å². The summed E-state index contributed by atoms with van der Waals surface area (Å²) in [6, 6.07) is 0. The highest BCUT2D eigenvalue weighted by molar-refractivity contribution is 4.60. The van der Waals surface area contributed by atoms with Gasteiger partial charge in [-0.15, -0.1) is 0 Å². The zero-order chi connectivity index (χ0) is 9.23. The second-order valence-electron chi connectivity index (χ2n) is 3.34. The molecule has 0 aromatic carbocycles. The van der Waals surface area contributed by atoms with Gasteiger partial charge in [0.2, 0.25) is 0 Å². The SMILES string of the molecule is CCCCC(CC)CNCCO. The summed E-state index contributed by atoms with van der Waals surface area (Å²) in [4.78, 5) is 0. The lowest BCUT2D eigenvalue weighted by Gasteiger charge is -2.14. The number of rotatable bonds is 8. The molecular weight excluding hydrogens is 150 g/mol. The normalized spacial score (nSPS) is 13.2. The lowest BCUT2D eigenvalue weighted by atomic mass is 9.99. The first-order valence-electron chi connectivity index (χ1n) is 5.16. The molecule has 0 radical (unpaired) electrons. The number of unbranched alkanes of at least 4 members (excludes halogenated alkanes) is 1. The molecule has 0 saturated carbocycles. The molecule has 2 heteroatoms. The van der Waals surface area contributed by atoms with E-state index in [1.54, 1.807) is 0 Å². The summed E-state index contributed by atoms with van der Waals surface area (Å²) in [7, 11) is 0. The third kappa shape index (κ3) is 6.62. The van der Waals surface area contributed by atoms with E-state index in [2.05, 4.69) is 19.2 Å². The van der Waals surface area contributed by atoms with Crippen molar-refractivity contribution in [3.63, 3.8) is 0 Å². The Hall–Kier alpha value is -0.0800. The predicted molar refractivity (Wildman–Crippen MR) is 53.3 cm³/mol. The van der Waals surface area contributed by atoms with E-state index in [0.29, 0.717) is 0 Å². The fourth-order valence-corrected chi connectivity index (χ4v) is 1.33. The van der Waals surface area contributed by atoms with Gasteiger partial charge in [0.05, 0.1) is 6.61 Å². The number of aliphatic hydroxyl groups excluding tert-OH is 1. The van der Waals surface area contributed by atoms with Gasteiger partial charge >= 0.3 is 0 Å². The maximum atomic E-state index is 8.57. The highest BCUT2D eigenvalue weighted by Crippen LogP contribution is 2.10. The maximum absolute atomic E-state index is 8.57. The van der Waals surface area contributed by atoms with Gasteiger partial charge in [-0.2, -0.15) is 0 Å². The van der Waals surface area contributed by atoms with Crippen LogP contribution >= 0.6 is 0 Å². The molecule has 2 nitrogen and oxygen atoms in total. The average molecular weight is 173 g/mol. The summed E-state index contributed by atoms with van der Waals surface area (Å²) in [5.41, 5.74) is 0. The number of hydrogen-bond donors (Lipinski definition) is 2. The lowest BCUT2D eigenvalue weighted by molar-refractivity contribution is 0.285. The van der Waals surface area contributed by atoms with E-state index in [1.165, 1.54) is 25.7 Å². The Morgan fingerprint density at radius 1 is 1.33 bits per heavy atom. The van der Waals surface area contributed by atoms with Crippen molar-refractivity contribution in [2.45, 2.75) is 39.5 Å². The second-order valence-corrected chi connectivity index (χ2v) is 3.34. The Bertz CT molecular complexity index is 85.9. The smallest absolute Gasteiger partial charge is 0.0555 e. The molecule has 0 aromatic rings. The third-order valence-corrected chi connectivity index (χ3v) is 2.26. The van der Waals surface area contributed by atoms with Crippen LogP contribution in [-0.4, -0.2) is 24.8 Å². The van der Waals surface area contributed by atoms with Gasteiger partial charge in [0, 0.05) is 6.54 Å². The zero-order valence-electron chi connectivity index (χ0n) is 8.47. The summed E-state index contributed by atoms with van der Waals surface area (Å²) < 4.78 is 0. The molecule has 0 rings (SSSR count). The number of nitrogens with one attached hydrogen (secondary N) is 1. The summed E-state index contributed by atoms with van der Waals surface area (Å²) in [6.07, 6.45) is 5.19. The van der Waals surface area contributed by atoms with Gasteiger partial charge in [-0.1, -0.05) is 33.1 Å². The molecule has 1 unspecified atom stereocenters. The van der Waals surface area contributed by atoms with E-state index in [0.717, 1.165) is 19.0 Å². The topological polar surface area (TPSA) is 32.3 Å². The molecule has 2 N–H and O–H groups in total. The molecule has 0 amide bonds. The summed E-state index contributed by atoms with van der Waals surface area (Å²) >= 11 is 0. The molecule has 74 valence electrons. The summed E-state index contributed by atoms with van der Waals surface area (Å²) in [5, 5.41) is 11.8. The summed E-state index contributed by atoms with van der Waals surface area (Å²) in [6.45, 7) is 6.53. The standard InChI is InChI=1S/C10H23NO/c1-3-5-6-10(4-2)9-11-7-8-12/h10-12H,3-9H2,1-2H3. The lowest BCUT2D eigenvalue weighted by Crippen LogP contribution is -2.25. The highest BCUT2D eigenvalue weighted by atomic mass is 16.3. The van der Waals surface area contributed by atoms with Crippen molar-refractivity contribution in [1.29, 1.82) is 0 Å². The van der Waals surface area contributed by atoms with Gasteiger partial charge < -0.3 is 10.4 Å². The van der Waals surface area contributed by atoms with Crippen molar-refractivity contribution in [3.8, 4) is 0 Å². The Morgan fingerprint density at radius 3 is 2.58 bits per heavy atom. The Kier molecular flexibility index (Phi) is 8.95. The van der Waals surface area contributed by atoms with Crippen LogP contribution in [0, 0.1) is 5.92 Å². The van der Waals surface area contributed by atoms with Crippen LogP contribution in [0.1, 0.15) is 39.5 Å².